The van der Waals surface area contributed by atoms with Gasteiger partial charge in [-0.25, -0.2) is 4.39 Å². The largest absolute Gasteiger partial charge is 0.418 e. The first-order chi connectivity index (χ1) is 13.0. The molecule has 0 radical (unpaired) electrons. The molecule has 0 heterocycles. The van der Waals surface area contributed by atoms with E-state index in [9.17, 15) is 37.8 Å². The van der Waals surface area contributed by atoms with Crippen molar-refractivity contribution in [1.82, 2.24) is 0 Å². The summed E-state index contributed by atoms with van der Waals surface area (Å²) in [6, 6.07) is 3.55. The molecule has 0 bridgehead atoms. The Kier molecular flexibility index (Phi) is 6.07. The predicted octanol–water partition coefficient (Wildman–Crippen LogP) is 5.86. The molecular formula is C16H12ClF4N3O4. The molecule has 28 heavy (non-hydrogen) atoms. The molecule has 2 rings (SSSR count). The highest BCUT2D eigenvalue weighted by Gasteiger charge is 2.42. The van der Waals surface area contributed by atoms with E-state index in [1.165, 1.54) is 0 Å². The summed E-state index contributed by atoms with van der Waals surface area (Å²) in [5, 5.41) is 22.1. The Morgan fingerprint density at radius 2 is 1.75 bits per heavy atom. The van der Waals surface area contributed by atoms with Gasteiger partial charge in [0.05, 0.1) is 32.2 Å². The minimum atomic E-state index is -5.13. The molecule has 0 atom stereocenters. The standard InChI is InChI=1S/C16H12ClF4N3O4/c1-2-5-22(13-4-3-9(18)6-12(13)17)15-11(16(19,20)21)7-10(23(25)26)8-14(15)24(27)28/h3-4,6-8H,2,5H2,1H3. The quantitative estimate of drug-likeness (QED) is 0.331. The molecule has 2 aromatic rings. The molecule has 0 saturated heterocycles. The van der Waals surface area contributed by atoms with Gasteiger partial charge < -0.3 is 4.90 Å². The lowest BCUT2D eigenvalue weighted by atomic mass is 10.1. The van der Waals surface area contributed by atoms with E-state index in [2.05, 4.69) is 0 Å². The first-order valence-electron chi connectivity index (χ1n) is 7.74. The normalized spacial score (nSPS) is 11.4. The minimum Gasteiger partial charge on any atom is -0.334 e. The first-order valence-corrected chi connectivity index (χ1v) is 8.11. The predicted molar refractivity (Wildman–Crippen MR) is 93.5 cm³/mol. The second-order valence-electron chi connectivity index (χ2n) is 5.62. The third kappa shape index (κ3) is 4.30. The Hall–Kier alpha value is -2.95. The van der Waals surface area contributed by atoms with E-state index in [0.717, 1.165) is 23.1 Å². The summed E-state index contributed by atoms with van der Waals surface area (Å²) in [5.74, 6) is -0.751. The summed E-state index contributed by atoms with van der Waals surface area (Å²) < 4.78 is 54.3. The van der Waals surface area contributed by atoms with Gasteiger partial charge in [-0.05, 0) is 24.6 Å². The van der Waals surface area contributed by atoms with Crippen molar-refractivity contribution in [1.29, 1.82) is 0 Å². The molecular weight excluding hydrogens is 410 g/mol. The van der Waals surface area contributed by atoms with Crippen molar-refractivity contribution in [3.63, 3.8) is 0 Å². The van der Waals surface area contributed by atoms with Crippen molar-refractivity contribution in [3.05, 3.63) is 67.0 Å². The number of non-ortho nitro benzene ring substituents is 1. The molecule has 0 N–H and O–H groups in total. The monoisotopic (exact) mass is 421 g/mol. The van der Waals surface area contributed by atoms with Gasteiger partial charge in [0.15, 0.2) is 0 Å². The maximum absolute atomic E-state index is 13.7. The number of rotatable bonds is 6. The number of nitrogens with zero attached hydrogens (tertiary/aromatic N) is 3. The van der Waals surface area contributed by atoms with Gasteiger partial charge in [-0.15, -0.1) is 0 Å². The van der Waals surface area contributed by atoms with E-state index < -0.39 is 44.5 Å². The third-order valence-corrected chi connectivity index (χ3v) is 4.01. The highest BCUT2D eigenvalue weighted by molar-refractivity contribution is 6.33. The van der Waals surface area contributed by atoms with Gasteiger partial charge in [0.1, 0.15) is 11.5 Å². The van der Waals surface area contributed by atoms with Crippen LogP contribution in [-0.4, -0.2) is 16.4 Å². The van der Waals surface area contributed by atoms with E-state index in [-0.39, 0.29) is 29.7 Å². The Morgan fingerprint density at radius 3 is 2.21 bits per heavy atom. The average Bonchev–Trinajstić information content (AvgIpc) is 2.58. The van der Waals surface area contributed by atoms with Crippen molar-refractivity contribution < 1.29 is 27.4 Å². The summed E-state index contributed by atoms with van der Waals surface area (Å²) in [6.45, 7) is 1.46. The topological polar surface area (TPSA) is 89.5 Å². The number of halogens is 5. The van der Waals surface area contributed by atoms with Crippen molar-refractivity contribution in [2.45, 2.75) is 19.5 Å². The van der Waals surface area contributed by atoms with Gasteiger partial charge >= 0.3 is 6.18 Å². The molecule has 0 aliphatic heterocycles. The van der Waals surface area contributed by atoms with E-state index in [1.807, 2.05) is 0 Å². The van der Waals surface area contributed by atoms with Gasteiger partial charge in [0.25, 0.3) is 11.4 Å². The lowest BCUT2D eigenvalue weighted by molar-refractivity contribution is -0.394. The SMILES string of the molecule is CCCN(c1ccc(F)cc1Cl)c1c([N+](=O)[O-])cc([N+](=O)[O-])cc1C(F)(F)F. The summed E-state index contributed by atoms with van der Waals surface area (Å²) in [4.78, 5) is 21.0. The molecule has 2 aromatic carbocycles. The summed E-state index contributed by atoms with van der Waals surface area (Å²) >= 11 is 5.95. The van der Waals surface area contributed by atoms with Gasteiger partial charge in [0, 0.05) is 12.6 Å². The zero-order valence-corrected chi connectivity index (χ0v) is 14.9. The molecule has 0 aliphatic carbocycles. The summed E-state index contributed by atoms with van der Waals surface area (Å²) in [6.07, 6.45) is -4.89. The number of anilines is 2. The number of hydrogen-bond donors (Lipinski definition) is 0. The van der Waals surface area contributed by atoms with E-state index in [4.69, 9.17) is 11.6 Å². The van der Waals surface area contributed by atoms with Crippen LogP contribution in [0.1, 0.15) is 18.9 Å². The maximum atomic E-state index is 13.7. The highest BCUT2D eigenvalue weighted by Crippen LogP contribution is 2.47. The Bertz CT molecular complexity index is 937. The van der Waals surface area contributed by atoms with E-state index in [0.29, 0.717) is 6.07 Å². The van der Waals surface area contributed by atoms with Crippen molar-refractivity contribution in [2.75, 3.05) is 11.4 Å². The Labute approximate surface area is 160 Å². The second-order valence-corrected chi connectivity index (χ2v) is 6.03. The zero-order valence-electron chi connectivity index (χ0n) is 14.2. The first kappa shape index (κ1) is 21.4. The number of hydrogen-bond acceptors (Lipinski definition) is 5. The number of nitro groups is 2. The molecule has 0 spiro atoms. The molecule has 150 valence electrons. The number of nitro benzene ring substituents is 2. The van der Waals surface area contributed by atoms with Crippen LogP contribution < -0.4 is 4.90 Å². The van der Waals surface area contributed by atoms with Crippen LogP contribution in [0.25, 0.3) is 0 Å². The van der Waals surface area contributed by atoms with Gasteiger partial charge in [0.2, 0.25) is 0 Å². The lowest BCUT2D eigenvalue weighted by Crippen LogP contribution is -2.24. The molecule has 0 aliphatic rings. The number of benzene rings is 2. The van der Waals surface area contributed by atoms with Gasteiger partial charge in [-0.2, -0.15) is 13.2 Å². The van der Waals surface area contributed by atoms with Crippen LogP contribution in [0.5, 0.6) is 0 Å². The van der Waals surface area contributed by atoms with E-state index in [1.54, 1.807) is 6.92 Å². The molecule has 7 nitrogen and oxygen atoms in total. The van der Waals surface area contributed by atoms with Crippen molar-refractivity contribution in [2.24, 2.45) is 0 Å². The molecule has 0 amide bonds. The van der Waals surface area contributed by atoms with Crippen LogP contribution in [0.2, 0.25) is 5.02 Å². The van der Waals surface area contributed by atoms with Crippen LogP contribution in [0, 0.1) is 26.0 Å². The molecule has 12 heteroatoms. The smallest absolute Gasteiger partial charge is 0.334 e. The second kappa shape index (κ2) is 7.97. The fraction of sp³-hybridized carbons (Fsp3) is 0.250. The maximum Gasteiger partial charge on any atom is 0.418 e. The van der Waals surface area contributed by atoms with Gasteiger partial charge in [-0.3, -0.25) is 20.2 Å². The minimum absolute atomic E-state index is 0.104. The Morgan fingerprint density at radius 1 is 1.11 bits per heavy atom. The van der Waals surface area contributed by atoms with Crippen LogP contribution in [0.15, 0.2) is 30.3 Å². The summed E-state index contributed by atoms with van der Waals surface area (Å²) in [5.41, 5.74) is -4.77. The number of alkyl halides is 3. The summed E-state index contributed by atoms with van der Waals surface area (Å²) in [7, 11) is 0. The molecule has 0 unspecified atom stereocenters. The van der Waals surface area contributed by atoms with Crippen molar-refractivity contribution >= 4 is 34.4 Å². The van der Waals surface area contributed by atoms with Crippen molar-refractivity contribution in [3.8, 4) is 0 Å². The Balaban J connectivity index is 2.91. The molecule has 0 saturated carbocycles. The van der Waals surface area contributed by atoms with Crippen LogP contribution in [-0.2, 0) is 6.18 Å². The van der Waals surface area contributed by atoms with Crippen LogP contribution >= 0.6 is 11.6 Å². The third-order valence-electron chi connectivity index (χ3n) is 3.71. The molecule has 0 aromatic heterocycles. The lowest BCUT2D eigenvalue weighted by Gasteiger charge is -2.28. The fourth-order valence-corrected chi connectivity index (χ4v) is 2.89. The van der Waals surface area contributed by atoms with Crippen LogP contribution in [0.4, 0.5) is 40.3 Å². The van der Waals surface area contributed by atoms with E-state index >= 15 is 0 Å². The van der Waals surface area contributed by atoms with Gasteiger partial charge in [-0.1, -0.05) is 18.5 Å². The zero-order chi connectivity index (χ0) is 21.2. The van der Waals surface area contributed by atoms with Crippen LogP contribution in [0.3, 0.4) is 0 Å². The fourth-order valence-electron chi connectivity index (χ4n) is 2.63. The molecule has 0 fully saturated rings. The average molecular weight is 422 g/mol. The highest BCUT2D eigenvalue weighted by atomic mass is 35.5.